The summed E-state index contributed by atoms with van der Waals surface area (Å²) in [6.07, 6.45) is 3.40. The molecule has 46 heavy (non-hydrogen) atoms. The smallest absolute Gasteiger partial charge is 0.324 e. The van der Waals surface area contributed by atoms with Crippen LogP contribution < -0.4 is 21.1 Å². The molecule has 2 aromatic carbocycles. The number of carbonyl (C=O) groups is 1. The molecule has 0 spiro atoms. The number of nitrogens with one attached hydrogen (secondary N) is 3. The molecule has 1 amide bonds. The monoisotopic (exact) mass is 683 g/mol. The van der Waals surface area contributed by atoms with Crippen molar-refractivity contribution in [2.45, 2.75) is 55.9 Å². The van der Waals surface area contributed by atoms with E-state index in [0.29, 0.717) is 19.0 Å². The number of benzene rings is 2. The first-order valence-corrected chi connectivity index (χ1v) is 16.2. The molecule has 4 atom stereocenters. The van der Waals surface area contributed by atoms with Gasteiger partial charge in [0, 0.05) is 42.1 Å². The highest BCUT2D eigenvalue weighted by molar-refractivity contribution is 7.89. The second-order valence-electron chi connectivity index (χ2n) is 10.9. The van der Waals surface area contributed by atoms with Gasteiger partial charge in [-0.3, -0.25) is 9.78 Å². The third-order valence-corrected chi connectivity index (χ3v) is 9.42. The number of hydrogen-bond acceptors (Lipinski definition) is 6. The van der Waals surface area contributed by atoms with Gasteiger partial charge < -0.3 is 16.4 Å². The Morgan fingerprint density at radius 3 is 2.61 bits per heavy atom. The molecule has 2 unspecified atom stereocenters. The van der Waals surface area contributed by atoms with Gasteiger partial charge in [0.05, 0.1) is 28.4 Å². The van der Waals surface area contributed by atoms with E-state index < -0.39 is 57.3 Å². The Labute approximate surface area is 268 Å². The van der Waals surface area contributed by atoms with Gasteiger partial charge in [-0.15, -0.1) is 6.42 Å². The van der Waals surface area contributed by atoms with Crippen LogP contribution in [0, 0.1) is 24.0 Å². The molecule has 5 N–H and O–H groups in total. The zero-order valence-corrected chi connectivity index (χ0v) is 25.8. The molecule has 1 aliphatic heterocycles. The minimum Gasteiger partial charge on any atom is -0.324 e. The van der Waals surface area contributed by atoms with E-state index in [-0.39, 0.29) is 58.6 Å². The van der Waals surface area contributed by atoms with Crippen LogP contribution in [0.25, 0.3) is 0 Å². The average molecular weight is 684 g/mol. The SMILES string of the molecule is C#CC1CCCS(=O)(=O)NC(CCc2c(F)cccc2NC(=O)[C@@H](N)[C@H](c2cncc(C(F)(F)F)c2)c2ccc(Cl)c(F)c2)CN1. The lowest BCUT2D eigenvalue weighted by Gasteiger charge is -2.25. The van der Waals surface area contributed by atoms with Gasteiger partial charge in [-0.2, -0.15) is 13.2 Å². The summed E-state index contributed by atoms with van der Waals surface area (Å²) >= 11 is 5.81. The maximum Gasteiger partial charge on any atom is 0.417 e. The number of pyridine rings is 1. The summed E-state index contributed by atoms with van der Waals surface area (Å²) in [5, 5.41) is 5.42. The molecule has 8 nitrogen and oxygen atoms in total. The van der Waals surface area contributed by atoms with E-state index in [4.69, 9.17) is 23.8 Å². The Kier molecular flexibility index (Phi) is 11.4. The second-order valence-corrected chi connectivity index (χ2v) is 13.2. The lowest BCUT2D eigenvalue weighted by molar-refractivity contribution is -0.137. The fourth-order valence-corrected chi connectivity index (χ4v) is 6.72. The van der Waals surface area contributed by atoms with Crippen LogP contribution in [0.3, 0.4) is 0 Å². The van der Waals surface area contributed by atoms with Crippen molar-refractivity contribution in [1.29, 1.82) is 0 Å². The van der Waals surface area contributed by atoms with Crippen LogP contribution in [0.4, 0.5) is 27.6 Å². The molecule has 1 saturated heterocycles. The van der Waals surface area contributed by atoms with E-state index >= 15 is 4.39 Å². The highest BCUT2D eigenvalue weighted by Crippen LogP contribution is 2.35. The molecule has 0 saturated carbocycles. The van der Waals surface area contributed by atoms with Crippen molar-refractivity contribution < 1.29 is 35.2 Å². The quantitative estimate of drug-likeness (QED) is 0.201. The normalized spacial score (nSPS) is 20.0. The van der Waals surface area contributed by atoms with Crippen LogP contribution in [0.2, 0.25) is 5.02 Å². The van der Waals surface area contributed by atoms with Crippen LogP contribution in [-0.2, 0) is 27.4 Å². The first kappa shape index (κ1) is 35.2. The molecular formula is C31H31ClF5N5O3S. The number of carbonyl (C=O) groups excluding carboxylic acids is 1. The van der Waals surface area contributed by atoms with Crippen molar-refractivity contribution >= 4 is 33.2 Å². The van der Waals surface area contributed by atoms with Crippen molar-refractivity contribution in [2.24, 2.45) is 5.73 Å². The first-order valence-electron chi connectivity index (χ1n) is 14.2. The minimum absolute atomic E-state index is 0.0174. The summed E-state index contributed by atoms with van der Waals surface area (Å²) in [6, 6.07) is 5.56. The number of anilines is 1. The summed E-state index contributed by atoms with van der Waals surface area (Å²) in [4.78, 5) is 17.2. The molecule has 0 aliphatic carbocycles. The summed E-state index contributed by atoms with van der Waals surface area (Å²) in [7, 11) is -3.63. The van der Waals surface area contributed by atoms with E-state index in [1.165, 1.54) is 30.3 Å². The largest absolute Gasteiger partial charge is 0.417 e. The highest BCUT2D eigenvalue weighted by Gasteiger charge is 2.34. The summed E-state index contributed by atoms with van der Waals surface area (Å²) < 4.78 is 97.8. The lowest BCUT2D eigenvalue weighted by Crippen LogP contribution is -2.44. The molecule has 0 bridgehead atoms. The third-order valence-electron chi connectivity index (χ3n) is 7.59. The van der Waals surface area contributed by atoms with Crippen LogP contribution in [0.1, 0.15) is 47.4 Å². The minimum atomic E-state index is -4.76. The van der Waals surface area contributed by atoms with E-state index in [1.807, 2.05) is 0 Å². The number of nitrogens with two attached hydrogens (primary N) is 1. The average Bonchev–Trinajstić information content (AvgIpc) is 3.06. The number of alkyl halides is 3. The Morgan fingerprint density at radius 2 is 1.91 bits per heavy atom. The molecule has 15 heteroatoms. The van der Waals surface area contributed by atoms with E-state index in [2.05, 4.69) is 26.3 Å². The van der Waals surface area contributed by atoms with E-state index in [1.54, 1.807) is 0 Å². The number of terminal acetylenes is 1. The molecule has 246 valence electrons. The lowest BCUT2D eigenvalue weighted by atomic mass is 9.85. The highest BCUT2D eigenvalue weighted by atomic mass is 35.5. The predicted octanol–water partition coefficient (Wildman–Crippen LogP) is 4.74. The topological polar surface area (TPSA) is 126 Å². The Hall–Kier alpha value is -3.61. The van der Waals surface area contributed by atoms with Gasteiger partial charge in [0.1, 0.15) is 11.6 Å². The summed E-state index contributed by atoms with van der Waals surface area (Å²) in [5.41, 5.74) is 5.22. The van der Waals surface area contributed by atoms with Crippen LogP contribution >= 0.6 is 11.6 Å². The zero-order chi connectivity index (χ0) is 33.6. The maximum atomic E-state index is 15.1. The molecule has 1 aromatic heterocycles. The van der Waals surface area contributed by atoms with Gasteiger partial charge in [-0.1, -0.05) is 29.7 Å². The second kappa shape index (κ2) is 14.9. The van der Waals surface area contributed by atoms with Gasteiger partial charge >= 0.3 is 6.18 Å². The Bertz CT molecular complexity index is 1720. The van der Waals surface area contributed by atoms with Crippen molar-refractivity contribution in [3.05, 3.63) is 93.8 Å². The predicted molar refractivity (Wildman–Crippen MR) is 164 cm³/mol. The summed E-state index contributed by atoms with van der Waals surface area (Å²) in [6.45, 7) is 0.180. The Morgan fingerprint density at radius 1 is 1.15 bits per heavy atom. The van der Waals surface area contributed by atoms with Crippen molar-refractivity contribution in [3.8, 4) is 12.3 Å². The molecule has 1 fully saturated rings. The van der Waals surface area contributed by atoms with Gasteiger partial charge in [-0.25, -0.2) is 21.9 Å². The summed E-state index contributed by atoms with van der Waals surface area (Å²) in [5.74, 6) is -1.34. The molecule has 4 rings (SSSR count). The fraction of sp³-hybridized carbons (Fsp3) is 0.355. The number of sulfonamides is 1. The van der Waals surface area contributed by atoms with Crippen LogP contribution in [0.5, 0.6) is 0 Å². The molecule has 3 aromatic rings. The fourth-order valence-electron chi connectivity index (χ4n) is 5.23. The van der Waals surface area contributed by atoms with Crippen LogP contribution in [0.15, 0.2) is 54.9 Å². The van der Waals surface area contributed by atoms with Crippen molar-refractivity contribution in [1.82, 2.24) is 15.0 Å². The van der Waals surface area contributed by atoms with Crippen molar-refractivity contribution in [3.63, 3.8) is 0 Å². The van der Waals surface area contributed by atoms with Gasteiger partial charge in [0.25, 0.3) is 0 Å². The Balaban J connectivity index is 1.61. The number of amides is 1. The van der Waals surface area contributed by atoms with Crippen molar-refractivity contribution in [2.75, 3.05) is 17.6 Å². The third kappa shape index (κ3) is 9.01. The van der Waals surface area contributed by atoms with Crippen LogP contribution in [-0.4, -0.2) is 49.7 Å². The zero-order valence-electron chi connectivity index (χ0n) is 24.3. The first-order chi connectivity index (χ1) is 21.7. The number of rotatable bonds is 8. The number of aromatic nitrogens is 1. The number of halogens is 6. The maximum absolute atomic E-state index is 15.1. The van der Waals surface area contributed by atoms with Gasteiger partial charge in [0.2, 0.25) is 15.9 Å². The van der Waals surface area contributed by atoms with E-state index in [9.17, 15) is 30.8 Å². The molecule has 2 heterocycles. The van der Waals surface area contributed by atoms with Gasteiger partial charge in [-0.05, 0) is 67.1 Å². The van der Waals surface area contributed by atoms with E-state index in [0.717, 1.165) is 18.3 Å². The molecule has 1 aliphatic rings. The number of nitrogens with zero attached hydrogens (tertiary/aromatic N) is 1. The standard InChI is InChI=1S/C31H31ClF5N5O3S/c1-2-21-5-4-12-46(44,45)42-22(17-40-21)9-10-23-25(33)6-3-7-27(23)41-30(43)29(38)28(18-8-11-24(32)26(34)14-18)19-13-20(16-39-15-19)31(35,36)37/h1,3,6-8,11,13-16,21-22,28-29,40,42H,4-5,9-10,12,17,38H2,(H,41,43)/t21?,22?,28-,29-/m0/s1. The molecule has 0 radical (unpaired) electrons. The van der Waals surface area contributed by atoms with Gasteiger partial charge in [0.15, 0.2) is 0 Å². The molecular weight excluding hydrogens is 653 g/mol. The number of hydrogen-bond donors (Lipinski definition) is 4.